The number of rotatable bonds is 4. The van der Waals surface area contributed by atoms with E-state index < -0.39 is 6.04 Å². The molecule has 0 fully saturated rings. The number of aliphatic hydroxyl groups is 2. The van der Waals surface area contributed by atoms with Gasteiger partial charge in [-0.25, -0.2) is 4.52 Å². The molecular formula is C10H14N4O2. The van der Waals surface area contributed by atoms with Crippen LogP contribution in [-0.4, -0.2) is 44.1 Å². The van der Waals surface area contributed by atoms with Crippen molar-refractivity contribution in [3.05, 3.63) is 23.9 Å². The maximum Gasteiger partial charge on any atom is 0.243 e. The Kier molecular flexibility index (Phi) is 3.02. The normalized spacial score (nSPS) is 11.2. The first-order valence-electron chi connectivity index (χ1n) is 5.05. The van der Waals surface area contributed by atoms with Gasteiger partial charge >= 0.3 is 0 Å². The summed E-state index contributed by atoms with van der Waals surface area (Å²) in [5, 5.41) is 24.9. The summed E-state index contributed by atoms with van der Waals surface area (Å²) in [5.41, 5.74) is 1.78. The molecule has 0 aliphatic carbocycles. The molecule has 2 rings (SSSR count). The van der Waals surface area contributed by atoms with Gasteiger partial charge in [-0.15, -0.1) is 5.10 Å². The Bertz CT molecular complexity index is 479. The number of hydrogen-bond acceptors (Lipinski definition) is 5. The zero-order chi connectivity index (χ0) is 11.5. The van der Waals surface area contributed by atoms with E-state index in [-0.39, 0.29) is 13.2 Å². The van der Waals surface area contributed by atoms with Gasteiger partial charge in [0.1, 0.15) is 0 Å². The lowest BCUT2D eigenvalue weighted by molar-refractivity contribution is 0.203. The molecule has 2 aromatic heterocycles. The third-order valence-electron chi connectivity index (χ3n) is 2.33. The van der Waals surface area contributed by atoms with E-state index in [1.54, 1.807) is 10.7 Å². The summed E-state index contributed by atoms with van der Waals surface area (Å²) >= 11 is 0. The Labute approximate surface area is 92.6 Å². The number of aliphatic hydroxyl groups excluding tert-OH is 2. The van der Waals surface area contributed by atoms with Gasteiger partial charge in [0.25, 0.3) is 0 Å². The SMILES string of the molecule is Cc1cccn2nc(NC(CO)CO)nc12. The first-order valence-corrected chi connectivity index (χ1v) is 5.05. The summed E-state index contributed by atoms with van der Waals surface area (Å²) in [7, 11) is 0. The maximum atomic E-state index is 8.93. The van der Waals surface area contributed by atoms with Crippen molar-refractivity contribution in [1.29, 1.82) is 0 Å². The molecule has 0 saturated carbocycles. The third-order valence-corrected chi connectivity index (χ3v) is 2.33. The van der Waals surface area contributed by atoms with Crippen LogP contribution in [0.25, 0.3) is 5.65 Å². The fourth-order valence-corrected chi connectivity index (χ4v) is 1.43. The summed E-state index contributed by atoms with van der Waals surface area (Å²) in [6, 6.07) is 3.40. The molecule has 0 amide bonds. The van der Waals surface area contributed by atoms with Gasteiger partial charge in [-0.2, -0.15) is 4.98 Å². The summed E-state index contributed by atoms with van der Waals surface area (Å²) in [6.45, 7) is 1.62. The Balaban J connectivity index is 2.29. The van der Waals surface area contributed by atoms with Crippen molar-refractivity contribution < 1.29 is 10.2 Å². The van der Waals surface area contributed by atoms with Crippen LogP contribution in [0.2, 0.25) is 0 Å². The molecule has 0 aliphatic rings. The quantitative estimate of drug-likeness (QED) is 0.667. The largest absolute Gasteiger partial charge is 0.394 e. The number of anilines is 1. The number of pyridine rings is 1. The lowest BCUT2D eigenvalue weighted by Crippen LogP contribution is -2.28. The van der Waals surface area contributed by atoms with E-state index in [4.69, 9.17) is 10.2 Å². The molecule has 0 radical (unpaired) electrons. The van der Waals surface area contributed by atoms with Gasteiger partial charge in [-0.1, -0.05) is 6.07 Å². The van der Waals surface area contributed by atoms with Crippen LogP contribution in [0.3, 0.4) is 0 Å². The second-order valence-electron chi connectivity index (χ2n) is 3.60. The fourth-order valence-electron chi connectivity index (χ4n) is 1.43. The summed E-state index contributed by atoms with van der Waals surface area (Å²) in [4.78, 5) is 4.27. The van der Waals surface area contributed by atoms with Gasteiger partial charge in [0.15, 0.2) is 5.65 Å². The van der Waals surface area contributed by atoms with Gasteiger partial charge in [-0.05, 0) is 18.6 Å². The molecular weight excluding hydrogens is 208 g/mol. The number of aryl methyl sites for hydroxylation is 1. The minimum atomic E-state index is -0.433. The number of nitrogens with one attached hydrogen (secondary N) is 1. The molecule has 2 aromatic rings. The molecule has 6 nitrogen and oxygen atoms in total. The van der Waals surface area contributed by atoms with Crippen LogP contribution in [0.1, 0.15) is 5.56 Å². The van der Waals surface area contributed by atoms with E-state index in [0.717, 1.165) is 11.2 Å². The lowest BCUT2D eigenvalue weighted by Gasteiger charge is -2.10. The molecule has 0 aromatic carbocycles. The van der Waals surface area contributed by atoms with Crippen LogP contribution < -0.4 is 5.32 Å². The topological polar surface area (TPSA) is 82.7 Å². The average molecular weight is 222 g/mol. The van der Waals surface area contributed by atoms with E-state index in [1.165, 1.54) is 0 Å². The molecule has 0 saturated heterocycles. The molecule has 0 aliphatic heterocycles. The highest BCUT2D eigenvalue weighted by Gasteiger charge is 2.10. The van der Waals surface area contributed by atoms with Crippen molar-refractivity contribution in [3.63, 3.8) is 0 Å². The Morgan fingerprint density at radius 1 is 1.44 bits per heavy atom. The second-order valence-corrected chi connectivity index (χ2v) is 3.60. The van der Waals surface area contributed by atoms with Crippen LogP contribution in [0, 0.1) is 6.92 Å². The van der Waals surface area contributed by atoms with Crippen LogP contribution >= 0.6 is 0 Å². The first-order chi connectivity index (χ1) is 7.74. The smallest absolute Gasteiger partial charge is 0.243 e. The highest BCUT2D eigenvalue weighted by molar-refractivity contribution is 5.49. The summed E-state index contributed by atoms with van der Waals surface area (Å²) in [6.07, 6.45) is 1.80. The molecule has 3 N–H and O–H groups in total. The van der Waals surface area contributed by atoms with E-state index in [1.807, 2.05) is 19.1 Å². The number of hydrogen-bond donors (Lipinski definition) is 3. The number of aromatic nitrogens is 3. The molecule has 86 valence electrons. The van der Waals surface area contributed by atoms with Crippen molar-refractivity contribution in [2.75, 3.05) is 18.5 Å². The van der Waals surface area contributed by atoms with Crippen molar-refractivity contribution in [2.45, 2.75) is 13.0 Å². The summed E-state index contributed by atoms with van der Waals surface area (Å²) in [5.74, 6) is 0.405. The maximum absolute atomic E-state index is 8.93. The number of nitrogens with zero attached hydrogens (tertiary/aromatic N) is 3. The Hall–Kier alpha value is -1.66. The van der Waals surface area contributed by atoms with Gasteiger partial charge < -0.3 is 15.5 Å². The van der Waals surface area contributed by atoms with E-state index >= 15 is 0 Å². The molecule has 0 bridgehead atoms. The molecule has 0 spiro atoms. The number of fused-ring (bicyclic) bond motifs is 1. The van der Waals surface area contributed by atoms with Crippen molar-refractivity contribution in [2.24, 2.45) is 0 Å². The minimum Gasteiger partial charge on any atom is -0.394 e. The van der Waals surface area contributed by atoms with Crippen molar-refractivity contribution >= 4 is 11.6 Å². The predicted molar refractivity (Wildman–Crippen MR) is 59.3 cm³/mol. The standard InChI is InChI=1S/C10H14N4O2/c1-7-3-2-4-14-9(7)12-10(13-14)11-8(5-15)6-16/h2-4,8,15-16H,5-6H2,1H3,(H,11,13). The van der Waals surface area contributed by atoms with Crippen LogP contribution in [0.5, 0.6) is 0 Å². The van der Waals surface area contributed by atoms with E-state index in [0.29, 0.717) is 5.95 Å². The molecule has 0 unspecified atom stereocenters. The average Bonchev–Trinajstić information content (AvgIpc) is 2.70. The first kappa shape index (κ1) is 10.8. The third kappa shape index (κ3) is 1.98. The van der Waals surface area contributed by atoms with Crippen molar-refractivity contribution in [1.82, 2.24) is 14.6 Å². The fraction of sp³-hybridized carbons (Fsp3) is 0.400. The Morgan fingerprint density at radius 3 is 2.81 bits per heavy atom. The van der Waals surface area contributed by atoms with Gasteiger partial charge in [0, 0.05) is 6.20 Å². The summed E-state index contributed by atoms with van der Waals surface area (Å²) < 4.78 is 1.66. The second kappa shape index (κ2) is 4.46. The van der Waals surface area contributed by atoms with E-state index in [2.05, 4.69) is 15.4 Å². The molecule has 6 heteroatoms. The van der Waals surface area contributed by atoms with Gasteiger partial charge in [0.2, 0.25) is 5.95 Å². The van der Waals surface area contributed by atoms with E-state index in [9.17, 15) is 0 Å². The van der Waals surface area contributed by atoms with Crippen molar-refractivity contribution in [3.8, 4) is 0 Å². The zero-order valence-electron chi connectivity index (χ0n) is 8.96. The molecule has 16 heavy (non-hydrogen) atoms. The highest BCUT2D eigenvalue weighted by atomic mass is 16.3. The molecule has 2 heterocycles. The van der Waals surface area contributed by atoms with Gasteiger partial charge in [0.05, 0.1) is 19.3 Å². The Morgan fingerprint density at radius 2 is 2.19 bits per heavy atom. The zero-order valence-corrected chi connectivity index (χ0v) is 8.96. The van der Waals surface area contributed by atoms with Crippen LogP contribution in [0.15, 0.2) is 18.3 Å². The lowest BCUT2D eigenvalue weighted by atomic mass is 10.3. The van der Waals surface area contributed by atoms with Gasteiger partial charge in [-0.3, -0.25) is 0 Å². The minimum absolute atomic E-state index is 0.162. The molecule has 0 atom stereocenters. The van der Waals surface area contributed by atoms with Crippen LogP contribution in [-0.2, 0) is 0 Å². The van der Waals surface area contributed by atoms with Crippen LogP contribution in [0.4, 0.5) is 5.95 Å². The highest BCUT2D eigenvalue weighted by Crippen LogP contribution is 2.10. The monoisotopic (exact) mass is 222 g/mol. The predicted octanol–water partition coefficient (Wildman–Crippen LogP) is -0.197.